The Balaban J connectivity index is 2.19. The summed E-state index contributed by atoms with van der Waals surface area (Å²) in [5, 5.41) is 12.4. The summed E-state index contributed by atoms with van der Waals surface area (Å²) >= 11 is 0. The molecule has 1 heterocycles. The van der Waals surface area contributed by atoms with Crippen molar-refractivity contribution in [2.75, 3.05) is 32.8 Å². The molecule has 106 valence electrons. The predicted molar refractivity (Wildman–Crippen MR) is 74.6 cm³/mol. The fourth-order valence-corrected chi connectivity index (χ4v) is 2.83. The third-order valence-corrected chi connectivity index (χ3v) is 3.82. The van der Waals surface area contributed by atoms with Gasteiger partial charge in [-0.15, -0.1) is 0 Å². The molecule has 0 spiro atoms. The first-order chi connectivity index (χ1) is 9.22. The molecule has 0 saturated carbocycles. The van der Waals surface area contributed by atoms with Crippen LogP contribution >= 0.6 is 0 Å². The summed E-state index contributed by atoms with van der Waals surface area (Å²) in [6.07, 6.45) is 1.70. The van der Waals surface area contributed by atoms with E-state index in [1.165, 1.54) is 11.6 Å². The first kappa shape index (κ1) is 14.4. The molecule has 2 N–H and O–H groups in total. The van der Waals surface area contributed by atoms with Crippen LogP contribution in [0.5, 0.6) is 0 Å². The molecule has 1 aliphatic heterocycles. The van der Waals surface area contributed by atoms with Crippen LogP contribution in [-0.4, -0.2) is 42.8 Å². The molecule has 0 amide bonds. The van der Waals surface area contributed by atoms with Crippen LogP contribution in [0, 0.1) is 12.7 Å². The van der Waals surface area contributed by atoms with Gasteiger partial charge in [-0.05, 0) is 43.0 Å². The zero-order valence-corrected chi connectivity index (χ0v) is 11.5. The van der Waals surface area contributed by atoms with Gasteiger partial charge in [0.1, 0.15) is 5.82 Å². The van der Waals surface area contributed by atoms with E-state index < -0.39 is 0 Å². The lowest BCUT2D eigenvalue weighted by Gasteiger charge is -2.36. The number of piperazine rings is 1. The highest BCUT2D eigenvalue weighted by Crippen LogP contribution is 2.28. The predicted octanol–water partition coefficient (Wildman–Crippen LogP) is 1.85. The fourth-order valence-electron chi connectivity index (χ4n) is 2.83. The van der Waals surface area contributed by atoms with Crippen LogP contribution in [0.15, 0.2) is 18.2 Å². The lowest BCUT2D eigenvalue weighted by atomic mass is 9.95. The highest BCUT2D eigenvalue weighted by molar-refractivity contribution is 5.29. The smallest absolute Gasteiger partial charge is 0.123 e. The molecular weight excluding hydrogens is 243 g/mol. The maximum atomic E-state index is 13.2. The van der Waals surface area contributed by atoms with Crippen molar-refractivity contribution in [1.82, 2.24) is 10.2 Å². The monoisotopic (exact) mass is 266 g/mol. The summed E-state index contributed by atoms with van der Waals surface area (Å²) in [6, 6.07) is 5.32. The van der Waals surface area contributed by atoms with Gasteiger partial charge in [-0.3, -0.25) is 4.90 Å². The fraction of sp³-hybridized carbons (Fsp3) is 0.600. The molecule has 3 nitrogen and oxygen atoms in total. The number of hydrogen-bond acceptors (Lipinski definition) is 3. The van der Waals surface area contributed by atoms with E-state index in [-0.39, 0.29) is 18.5 Å². The van der Waals surface area contributed by atoms with E-state index in [2.05, 4.69) is 10.2 Å². The van der Waals surface area contributed by atoms with Crippen molar-refractivity contribution in [3.8, 4) is 0 Å². The second-order valence-electron chi connectivity index (χ2n) is 5.17. The Kier molecular flexibility index (Phi) is 5.31. The molecule has 19 heavy (non-hydrogen) atoms. The average Bonchev–Trinajstić information content (AvgIpc) is 2.42. The summed E-state index contributed by atoms with van der Waals surface area (Å²) < 4.78 is 13.2. The van der Waals surface area contributed by atoms with E-state index in [0.717, 1.165) is 44.6 Å². The number of aliphatic hydroxyl groups is 1. The number of benzene rings is 1. The first-order valence-corrected chi connectivity index (χ1v) is 7.04. The van der Waals surface area contributed by atoms with Gasteiger partial charge in [0.2, 0.25) is 0 Å². The minimum absolute atomic E-state index is 0.178. The van der Waals surface area contributed by atoms with Crippen LogP contribution in [0.2, 0.25) is 0 Å². The SMILES string of the molecule is Cc1cc(F)ccc1[C@@H](CCCO)N1CCNCC1. The second-order valence-corrected chi connectivity index (χ2v) is 5.17. The Hall–Kier alpha value is -0.970. The molecule has 4 heteroatoms. The van der Waals surface area contributed by atoms with Crippen molar-refractivity contribution in [1.29, 1.82) is 0 Å². The average molecular weight is 266 g/mol. The van der Waals surface area contributed by atoms with Gasteiger partial charge in [-0.1, -0.05) is 6.07 Å². The molecule has 1 aromatic rings. The molecule has 1 fully saturated rings. The van der Waals surface area contributed by atoms with Gasteiger partial charge in [0, 0.05) is 38.8 Å². The molecule has 0 aliphatic carbocycles. The number of hydrogen-bond donors (Lipinski definition) is 2. The molecule has 0 bridgehead atoms. The van der Waals surface area contributed by atoms with Crippen molar-refractivity contribution in [2.45, 2.75) is 25.8 Å². The van der Waals surface area contributed by atoms with E-state index in [0.29, 0.717) is 0 Å². The minimum Gasteiger partial charge on any atom is -0.396 e. The van der Waals surface area contributed by atoms with Gasteiger partial charge in [0.15, 0.2) is 0 Å². The number of nitrogens with zero attached hydrogens (tertiary/aromatic N) is 1. The number of nitrogens with one attached hydrogen (secondary N) is 1. The molecule has 1 atom stereocenters. The van der Waals surface area contributed by atoms with Gasteiger partial charge < -0.3 is 10.4 Å². The van der Waals surface area contributed by atoms with Crippen molar-refractivity contribution in [3.05, 3.63) is 35.1 Å². The van der Waals surface area contributed by atoms with Crippen LogP contribution in [0.1, 0.15) is 30.0 Å². The zero-order chi connectivity index (χ0) is 13.7. The molecular formula is C15H23FN2O. The minimum atomic E-state index is -0.178. The first-order valence-electron chi connectivity index (χ1n) is 7.04. The quantitative estimate of drug-likeness (QED) is 0.854. The van der Waals surface area contributed by atoms with Gasteiger partial charge in [0.05, 0.1) is 0 Å². The van der Waals surface area contributed by atoms with E-state index in [1.54, 1.807) is 6.07 Å². The Morgan fingerprint density at radius 3 is 2.74 bits per heavy atom. The number of rotatable bonds is 5. The molecule has 0 radical (unpaired) electrons. The molecule has 0 aromatic heterocycles. The third-order valence-electron chi connectivity index (χ3n) is 3.82. The van der Waals surface area contributed by atoms with Crippen molar-refractivity contribution in [2.24, 2.45) is 0 Å². The van der Waals surface area contributed by atoms with E-state index >= 15 is 0 Å². The summed E-state index contributed by atoms with van der Waals surface area (Å²) in [7, 11) is 0. The van der Waals surface area contributed by atoms with E-state index in [1.807, 2.05) is 13.0 Å². The zero-order valence-electron chi connectivity index (χ0n) is 11.5. The van der Waals surface area contributed by atoms with Crippen molar-refractivity contribution in [3.63, 3.8) is 0 Å². The molecule has 1 aromatic carbocycles. The number of aryl methyl sites for hydroxylation is 1. The summed E-state index contributed by atoms with van der Waals surface area (Å²) in [4.78, 5) is 2.44. The Morgan fingerprint density at radius 2 is 2.11 bits per heavy atom. The van der Waals surface area contributed by atoms with Crippen LogP contribution < -0.4 is 5.32 Å². The number of aliphatic hydroxyl groups excluding tert-OH is 1. The molecule has 2 rings (SSSR count). The lowest BCUT2D eigenvalue weighted by molar-refractivity contribution is 0.154. The van der Waals surface area contributed by atoms with E-state index in [4.69, 9.17) is 5.11 Å². The Bertz CT molecular complexity index is 405. The largest absolute Gasteiger partial charge is 0.396 e. The second kappa shape index (κ2) is 6.98. The summed E-state index contributed by atoms with van der Waals surface area (Å²) in [5.74, 6) is -0.178. The maximum absolute atomic E-state index is 13.2. The summed E-state index contributed by atoms with van der Waals surface area (Å²) in [6.45, 7) is 6.18. The Labute approximate surface area is 114 Å². The van der Waals surface area contributed by atoms with E-state index in [9.17, 15) is 4.39 Å². The molecule has 1 aliphatic rings. The van der Waals surface area contributed by atoms with Gasteiger partial charge in [-0.25, -0.2) is 4.39 Å². The molecule has 0 unspecified atom stereocenters. The highest BCUT2D eigenvalue weighted by Gasteiger charge is 2.23. The van der Waals surface area contributed by atoms with Crippen LogP contribution in [0.3, 0.4) is 0 Å². The summed E-state index contributed by atoms with van der Waals surface area (Å²) in [5.41, 5.74) is 2.19. The number of halogens is 1. The topological polar surface area (TPSA) is 35.5 Å². The third kappa shape index (κ3) is 3.75. The Morgan fingerprint density at radius 1 is 1.37 bits per heavy atom. The molecule has 1 saturated heterocycles. The van der Waals surface area contributed by atoms with Crippen LogP contribution in [-0.2, 0) is 0 Å². The standard InChI is InChI=1S/C15H23FN2O/c1-12-11-13(16)4-5-14(12)15(3-2-10-19)18-8-6-17-7-9-18/h4-5,11,15,17,19H,2-3,6-10H2,1H3/t15-/m1/s1. The van der Waals surface area contributed by atoms with Crippen LogP contribution in [0.25, 0.3) is 0 Å². The van der Waals surface area contributed by atoms with Crippen molar-refractivity contribution < 1.29 is 9.50 Å². The van der Waals surface area contributed by atoms with Gasteiger partial charge in [0.25, 0.3) is 0 Å². The van der Waals surface area contributed by atoms with Gasteiger partial charge >= 0.3 is 0 Å². The van der Waals surface area contributed by atoms with Gasteiger partial charge in [-0.2, -0.15) is 0 Å². The highest BCUT2D eigenvalue weighted by atomic mass is 19.1. The van der Waals surface area contributed by atoms with Crippen LogP contribution in [0.4, 0.5) is 4.39 Å². The normalized spacial score (nSPS) is 18.5. The van der Waals surface area contributed by atoms with Crippen molar-refractivity contribution >= 4 is 0 Å². The maximum Gasteiger partial charge on any atom is 0.123 e. The lowest BCUT2D eigenvalue weighted by Crippen LogP contribution is -2.45.